The highest BCUT2D eigenvalue weighted by Gasteiger charge is 2.14. The number of nitrogens with zero attached hydrogens (tertiary/aromatic N) is 1. The average molecular weight is 528 g/mol. The molecule has 188 valence electrons. The normalized spacial score (nSPS) is 11.5. The third kappa shape index (κ3) is 3.93. The van der Waals surface area contributed by atoms with Crippen molar-refractivity contribution in [1.29, 1.82) is 0 Å². The van der Waals surface area contributed by atoms with Crippen LogP contribution in [0.15, 0.2) is 152 Å². The van der Waals surface area contributed by atoms with Gasteiger partial charge >= 0.3 is 0 Å². The van der Waals surface area contributed by atoms with Crippen LogP contribution in [0.3, 0.4) is 0 Å². The van der Waals surface area contributed by atoms with Crippen molar-refractivity contribution in [3.63, 3.8) is 0 Å². The summed E-state index contributed by atoms with van der Waals surface area (Å²) in [5.41, 5.74) is 5.89. The summed E-state index contributed by atoms with van der Waals surface area (Å²) in [5, 5.41) is 7.63. The van der Waals surface area contributed by atoms with Crippen molar-refractivity contribution in [2.24, 2.45) is 0 Å². The Bertz CT molecular complexity index is 2090. The van der Waals surface area contributed by atoms with Gasteiger partial charge in [0, 0.05) is 37.2 Å². The summed E-state index contributed by atoms with van der Waals surface area (Å²) in [7, 11) is 0. The van der Waals surface area contributed by atoms with E-state index in [9.17, 15) is 0 Å². The molecule has 0 unspecified atom stereocenters. The lowest BCUT2D eigenvalue weighted by Gasteiger charge is -2.26. The van der Waals surface area contributed by atoms with Gasteiger partial charge < -0.3 is 4.90 Å². The molecule has 0 aliphatic heterocycles. The van der Waals surface area contributed by atoms with Gasteiger partial charge in [-0.25, -0.2) is 0 Å². The molecule has 0 saturated carbocycles. The number of fused-ring (bicyclic) bond motifs is 5. The lowest BCUT2D eigenvalue weighted by molar-refractivity contribution is 1.29. The standard InChI is InChI=1S/C38H25NS/c1-3-9-29-23-33(20-15-26(29)7-1)39(34-21-16-27-8-2-4-10-30(27)24-34)32-18-13-28(14-19-32)31-17-22-38-36(25-31)35-11-5-6-12-37(35)40-38/h1-25H. The number of anilines is 3. The van der Waals surface area contributed by atoms with Gasteiger partial charge in [0.2, 0.25) is 0 Å². The van der Waals surface area contributed by atoms with E-state index in [2.05, 4.69) is 157 Å². The molecule has 8 rings (SSSR count). The monoisotopic (exact) mass is 527 g/mol. The molecule has 0 aliphatic carbocycles. The maximum Gasteiger partial charge on any atom is 0.0468 e. The van der Waals surface area contributed by atoms with E-state index in [1.54, 1.807) is 0 Å². The Morgan fingerprint density at radius 3 is 1.55 bits per heavy atom. The molecule has 2 heteroatoms. The van der Waals surface area contributed by atoms with Gasteiger partial charge in [0.05, 0.1) is 0 Å². The van der Waals surface area contributed by atoms with Crippen LogP contribution in [-0.4, -0.2) is 0 Å². The minimum absolute atomic E-state index is 1.14. The van der Waals surface area contributed by atoms with Crippen LogP contribution in [-0.2, 0) is 0 Å². The third-order valence-electron chi connectivity index (χ3n) is 7.82. The van der Waals surface area contributed by atoms with Crippen LogP contribution in [0.5, 0.6) is 0 Å². The molecule has 1 aromatic heterocycles. The predicted octanol–water partition coefficient (Wildman–Crippen LogP) is 11.5. The van der Waals surface area contributed by atoms with Crippen molar-refractivity contribution < 1.29 is 0 Å². The molecular formula is C38H25NS. The second-order valence-corrected chi connectivity index (χ2v) is 11.3. The summed E-state index contributed by atoms with van der Waals surface area (Å²) < 4.78 is 2.67. The van der Waals surface area contributed by atoms with Crippen LogP contribution >= 0.6 is 11.3 Å². The molecule has 8 aromatic rings. The summed E-state index contributed by atoms with van der Waals surface area (Å²) >= 11 is 1.86. The number of rotatable bonds is 4. The lowest BCUT2D eigenvalue weighted by Crippen LogP contribution is -2.09. The van der Waals surface area contributed by atoms with Crippen LogP contribution < -0.4 is 4.90 Å². The molecule has 0 atom stereocenters. The maximum atomic E-state index is 2.36. The molecule has 40 heavy (non-hydrogen) atoms. The van der Waals surface area contributed by atoms with E-state index >= 15 is 0 Å². The molecule has 1 nitrogen and oxygen atoms in total. The van der Waals surface area contributed by atoms with Crippen molar-refractivity contribution >= 4 is 70.1 Å². The molecule has 0 fully saturated rings. The largest absolute Gasteiger partial charge is 0.310 e. The quantitative estimate of drug-likeness (QED) is 0.220. The van der Waals surface area contributed by atoms with Crippen LogP contribution in [0.1, 0.15) is 0 Å². The molecule has 0 amide bonds. The zero-order valence-corrected chi connectivity index (χ0v) is 22.6. The highest BCUT2D eigenvalue weighted by molar-refractivity contribution is 7.25. The Kier molecular flexibility index (Phi) is 5.39. The van der Waals surface area contributed by atoms with Gasteiger partial charge in [0.1, 0.15) is 0 Å². The third-order valence-corrected chi connectivity index (χ3v) is 8.97. The maximum absolute atomic E-state index is 2.36. The Morgan fingerprint density at radius 1 is 0.350 bits per heavy atom. The minimum Gasteiger partial charge on any atom is -0.310 e. The van der Waals surface area contributed by atoms with E-state index in [4.69, 9.17) is 0 Å². The first-order valence-electron chi connectivity index (χ1n) is 13.6. The zero-order chi connectivity index (χ0) is 26.5. The van der Waals surface area contributed by atoms with Crippen LogP contribution in [0.4, 0.5) is 17.1 Å². The fourth-order valence-electron chi connectivity index (χ4n) is 5.79. The van der Waals surface area contributed by atoms with Crippen LogP contribution in [0, 0.1) is 0 Å². The minimum atomic E-state index is 1.14. The van der Waals surface area contributed by atoms with E-state index in [1.807, 2.05) is 11.3 Å². The Labute approximate surface area is 237 Å². The second kappa shape index (κ2) is 9.37. The van der Waals surface area contributed by atoms with E-state index in [0.29, 0.717) is 0 Å². The number of thiophene rings is 1. The van der Waals surface area contributed by atoms with E-state index < -0.39 is 0 Å². The average Bonchev–Trinajstić information content (AvgIpc) is 3.39. The van der Waals surface area contributed by atoms with E-state index in [-0.39, 0.29) is 0 Å². The second-order valence-electron chi connectivity index (χ2n) is 10.3. The van der Waals surface area contributed by atoms with Crippen LogP contribution in [0.25, 0.3) is 52.8 Å². The van der Waals surface area contributed by atoms with Crippen LogP contribution in [0.2, 0.25) is 0 Å². The van der Waals surface area contributed by atoms with Gasteiger partial charge in [0.15, 0.2) is 0 Å². The first kappa shape index (κ1) is 23.0. The Balaban J connectivity index is 1.24. The first-order chi connectivity index (χ1) is 19.8. The van der Waals surface area contributed by atoms with Crippen molar-refractivity contribution in [2.45, 2.75) is 0 Å². The molecule has 1 heterocycles. The van der Waals surface area contributed by atoms with Crippen molar-refractivity contribution in [1.82, 2.24) is 0 Å². The summed E-state index contributed by atoms with van der Waals surface area (Å²) in [6.07, 6.45) is 0. The molecule has 0 aliphatic rings. The van der Waals surface area contributed by atoms with Gasteiger partial charge in [-0.1, -0.05) is 97.1 Å². The van der Waals surface area contributed by atoms with E-state index in [1.165, 1.54) is 52.8 Å². The van der Waals surface area contributed by atoms with Gasteiger partial charge in [-0.05, 0) is 87.3 Å². The van der Waals surface area contributed by atoms with Gasteiger partial charge in [-0.15, -0.1) is 11.3 Å². The summed E-state index contributed by atoms with van der Waals surface area (Å²) in [5.74, 6) is 0. The first-order valence-corrected chi connectivity index (χ1v) is 14.4. The lowest BCUT2D eigenvalue weighted by atomic mass is 10.0. The fraction of sp³-hybridized carbons (Fsp3) is 0. The number of hydrogen-bond donors (Lipinski definition) is 0. The smallest absolute Gasteiger partial charge is 0.0468 e. The molecule has 0 saturated heterocycles. The summed E-state index contributed by atoms with van der Waals surface area (Å²) in [6, 6.07) is 55.1. The Morgan fingerprint density at radius 2 is 0.875 bits per heavy atom. The fourth-order valence-corrected chi connectivity index (χ4v) is 6.87. The van der Waals surface area contributed by atoms with Crippen molar-refractivity contribution in [3.8, 4) is 11.1 Å². The highest BCUT2D eigenvalue weighted by atomic mass is 32.1. The van der Waals surface area contributed by atoms with E-state index in [0.717, 1.165) is 17.1 Å². The van der Waals surface area contributed by atoms with Crippen molar-refractivity contribution in [2.75, 3.05) is 4.90 Å². The summed E-state index contributed by atoms with van der Waals surface area (Å²) in [4.78, 5) is 2.36. The predicted molar refractivity (Wildman–Crippen MR) is 174 cm³/mol. The molecular weight excluding hydrogens is 502 g/mol. The van der Waals surface area contributed by atoms with Gasteiger partial charge in [0.25, 0.3) is 0 Å². The number of benzene rings is 7. The SMILES string of the molecule is c1ccc2cc(N(c3ccc(-c4ccc5sc6ccccc6c5c4)cc3)c3ccc4ccccc4c3)ccc2c1. The zero-order valence-electron chi connectivity index (χ0n) is 21.8. The highest BCUT2D eigenvalue weighted by Crippen LogP contribution is 2.40. The molecule has 0 N–H and O–H groups in total. The van der Waals surface area contributed by atoms with Crippen molar-refractivity contribution in [3.05, 3.63) is 152 Å². The molecule has 0 radical (unpaired) electrons. The molecule has 7 aromatic carbocycles. The molecule has 0 bridgehead atoms. The van der Waals surface area contributed by atoms with Gasteiger partial charge in [-0.3, -0.25) is 0 Å². The Hall–Kier alpha value is -4.92. The van der Waals surface area contributed by atoms with Gasteiger partial charge in [-0.2, -0.15) is 0 Å². The topological polar surface area (TPSA) is 3.24 Å². The summed E-state index contributed by atoms with van der Waals surface area (Å²) in [6.45, 7) is 0. The molecule has 0 spiro atoms. The number of hydrogen-bond acceptors (Lipinski definition) is 2.